The van der Waals surface area contributed by atoms with Gasteiger partial charge in [-0.2, -0.15) is 0 Å². The number of pyridine rings is 2. The molecule has 0 radical (unpaired) electrons. The van der Waals surface area contributed by atoms with Crippen molar-refractivity contribution in [2.45, 2.75) is 51.6 Å². The lowest BCUT2D eigenvalue weighted by Gasteiger charge is -2.40. The van der Waals surface area contributed by atoms with Gasteiger partial charge >= 0.3 is 0 Å². The first-order chi connectivity index (χ1) is 15.6. The Morgan fingerprint density at radius 3 is 2.59 bits per heavy atom. The van der Waals surface area contributed by atoms with Crippen LogP contribution in [-0.2, 0) is 0 Å². The van der Waals surface area contributed by atoms with Gasteiger partial charge in [-0.05, 0) is 70.0 Å². The van der Waals surface area contributed by atoms with Crippen LogP contribution in [0.25, 0.3) is 0 Å². The van der Waals surface area contributed by atoms with Gasteiger partial charge in [-0.1, -0.05) is 13.0 Å². The lowest BCUT2D eigenvalue weighted by atomic mass is 10.0. The third-order valence-electron chi connectivity index (χ3n) is 6.99. The van der Waals surface area contributed by atoms with E-state index in [1.54, 1.807) is 30.6 Å². The molecule has 1 unspecified atom stereocenters. The second-order valence-corrected chi connectivity index (χ2v) is 8.97. The Hall–Kier alpha value is -2.51. The largest absolute Gasteiger partial charge is 0.355 e. The fourth-order valence-corrected chi connectivity index (χ4v) is 4.84. The highest BCUT2D eigenvalue weighted by Crippen LogP contribution is 2.22. The van der Waals surface area contributed by atoms with Gasteiger partial charge in [0.05, 0.1) is 0 Å². The molecule has 4 rings (SSSR count). The number of piperidine rings is 1. The Morgan fingerprint density at radius 1 is 1.06 bits per heavy atom. The van der Waals surface area contributed by atoms with E-state index in [-0.39, 0.29) is 5.91 Å². The fourth-order valence-electron chi connectivity index (χ4n) is 4.84. The quantitative estimate of drug-likeness (QED) is 0.748. The van der Waals surface area contributed by atoms with Crippen molar-refractivity contribution in [2.75, 3.05) is 49.5 Å². The highest BCUT2D eigenvalue weighted by molar-refractivity contribution is 6.03. The lowest BCUT2D eigenvalue weighted by molar-refractivity contribution is 0.0906. The number of hydrogen-bond acceptors (Lipinski definition) is 6. The van der Waals surface area contributed by atoms with Crippen LogP contribution in [0.4, 0.5) is 11.5 Å². The molecule has 7 heteroatoms. The van der Waals surface area contributed by atoms with E-state index in [2.05, 4.69) is 43.8 Å². The van der Waals surface area contributed by atoms with Crippen molar-refractivity contribution in [2.24, 2.45) is 0 Å². The average Bonchev–Trinajstić information content (AvgIpc) is 3.11. The Kier molecular flexibility index (Phi) is 7.71. The van der Waals surface area contributed by atoms with E-state index in [9.17, 15) is 4.79 Å². The number of hydrogen-bond donors (Lipinski definition) is 1. The standard InChI is InChI=1S/C25H36N6O/c1-3-20(2)29-16-10-22(11-17-29)30-14-5-15-31(19-18-30)24-7-4-6-23(28-24)25(32)27-21-8-12-26-13-9-21/h4,6-9,12-13,20,22H,3,5,10-11,14-19H2,1-2H3,(H,26,27,32). The molecule has 1 amide bonds. The summed E-state index contributed by atoms with van der Waals surface area (Å²) in [5, 5.41) is 2.89. The molecule has 2 aromatic rings. The SMILES string of the molecule is CCC(C)N1CCC(N2CCCN(c3cccc(C(=O)Nc4ccncc4)n3)CC2)CC1. The van der Waals surface area contributed by atoms with Crippen LogP contribution in [0.15, 0.2) is 42.7 Å². The summed E-state index contributed by atoms with van der Waals surface area (Å²) in [4.78, 5) is 29.0. The van der Waals surface area contributed by atoms with Crippen LogP contribution < -0.4 is 10.2 Å². The smallest absolute Gasteiger partial charge is 0.274 e. The highest BCUT2D eigenvalue weighted by atomic mass is 16.1. The number of carbonyl (C=O) groups excluding carboxylic acids is 1. The minimum absolute atomic E-state index is 0.192. The Labute approximate surface area is 191 Å². The number of aromatic nitrogens is 2. The zero-order chi connectivity index (χ0) is 22.3. The van der Waals surface area contributed by atoms with Crippen LogP contribution in [0.5, 0.6) is 0 Å². The normalized spacial score (nSPS) is 20.0. The molecule has 1 atom stereocenters. The first-order valence-corrected chi connectivity index (χ1v) is 12.1. The lowest BCUT2D eigenvalue weighted by Crippen LogP contribution is -2.48. The molecule has 7 nitrogen and oxygen atoms in total. The zero-order valence-electron chi connectivity index (χ0n) is 19.4. The number of likely N-dealkylation sites (tertiary alicyclic amines) is 1. The number of carbonyl (C=O) groups is 1. The van der Waals surface area contributed by atoms with Gasteiger partial charge in [-0.15, -0.1) is 0 Å². The first-order valence-electron chi connectivity index (χ1n) is 12.1. The van der Waals surface area contributed by atoms with E-state index in [1.165, 1.54) is 32.4 Å². The maximum absolute atomic E-state index is 12.6. The molecule has 2 aromatic heterocycles. The Balaban J connectivity index is 1.33. The first kappa shape index (κ1) is 22.7. The maximum atomic E-state index is 12.6. The van der Waals surface area contributed by atoms with Gasteiger partial charge in [0.1, 0.15) is 11.5 Å². The Bertz CT molecular complexity index is 868. The summed E-state index contributed by atoms with van der Waals surface area (Å²) in [5.41, 5.74) is 1.17. The van der Waals surface area contributed by atoms with Crippen molar-refractivity contribution in [3.63, 3.8) is 0 Å². The molecule has 2 aliphatic heterocycles. The minimum atomic E-state index is -0.192. The van der Waals surface area contributed by atoms with Crippen LogP contribution in [0.3, 0.4) is 0 Å². The molecule has 1 N–H and O–H groups in total. The van der Waals surface area contributed by atoms with E-state index in [1.807, 2.05) is 12.1 Å². The monoisotopic (exact) mass is 436 g/mol. The average molecular weight is 437 g/mol. The summed E-state index contributed by atoms with van der Waals surface area (Å²) in [6, 6.07) is 10.7. The number of amides is 1. The topological polar surface area (TPSA) is 64.6 Å². The van der Waals surface area contributed by atoms with Gasteiger partial charge < -0.3 is 15.1 Å². The third kappa shape index (κ3) is 5.64. The summed E-state index contributed by atoms with van der Waals surface area (Å²) in [6.45, 7) is 11.2. The molecule has 0 saturated carbocycles. The van der Waals surface area contributed by atoms with Gasteiger partial charge in [0.2, 0.25) is 0 Å². The number of nitrogens with zero attached hydrogens (tertiary/aromatic N) is 5. The molecule has 2 aliphatic rings. The molecule has 172 valence electrons. The van der Waals surface area contributed by atoms with Gasteiger partial charge in [0.25, 0.3) is 5.91 Å². The summed E-state index contributed by atoms with van der Waals surface area (Å²) in [5.74, 6) is 0.698. The minimum Gasteiger partial charge on any atom is -0.355 e. The molecule has 4 heterocycles. The summed E-state index contributed by atoms with van der Waals surface area (Å²) in [7, 11) is 0. The molecule has 0 aliphatic carbocycles. The maximum Gasteiger partial charge on any atom is 0.274 e. The predicted molar refractivity (Wildman–Crippen MR) is 129 cm³/mol. The van der Waals surface area contributed by atoms with E-state index >= 15 is 0 Å². The van der Waals surface area contributed by atoms with Gasteiger partial charge in [0.15, 0.2) is 0 Å². The number of anilines is 2. The van der Waals surface area contributed by atoms with Gasteiger partial charge in [0, 0.05) is 56.3 Å². The van der Waals surface area contributed by atoms with Crippen molar-refractivity contribution in [3.8, 4) is 0 Å². The predicted octanol–water partition coefficient (Wildman–Crippen LogP) is 3.50. The third-order valence-corrected chi connectivity index (χ3v) is 6.99. The number of nitrogens with one attached hydrogen (secondary N) is 1. The molecule has 2 saturated heterocycles. The molecule has 0 aromatic carbocycles. The van der Waals surface area contributed by atoms with Crippen molar-refractivity contribution < 1.29 is 4.79 Å². The van der Waals surface area contributed by atoms with Crippen LogP contribution in [0.1, 0.15) is 50.0 Å². The summed E-state index contributed by atoms with van der Waals surface area (Å²) >= 11 is 0. The van der Waals surface area contributed by atoms with E-state index < -0.39 is 0 Å². The second kappa shape index (κ2) is 10.9. The van der Waals surface area contributed by atoms with Crippen LogP contribution in [0, 0.1) is 0 Å². The van der Waals surface area contributed by atoms with E-state index in [0.29, 0.717) is 17.8 Å². The molecule has 0 bridgehead atoms. The van der Waals surface area contributed by atoms with Crippen LogP contribution >= 0.6 is 0 Å². The second-order valence-electron chi connectivity index (χ2n) is 8.97. The molecular formula is C25H36N6O. The molecule has 0 spiro atoms. The van der Waals surface area contributed by atoms with Crippen molar-refractivity contribution >= 4 is 17.4 Å². The molecule has 2 fully saturated rings. The number of rotatable bonds is 6. The fraction of sp³-hybridized carbons (Fsp3) is 0.560. The van der Waals surface area contributed by atoms with Gasteiger partial charge in [-0.3, -0.25) is 14.7 Å². The van der Waals surface area contributed by atoms with Gasteiger partial charge in [-0.25, -0.2) is 4.98 Å². The zero-order valence-corrected chi connectivity index (χ0v) is 19.4. The van der Waals surface area contributed by atoms with Crippen molar-refractivity contribution in [1.29, 1.82) is 0 Å². The Morgan fingerprint density at radius 2 is 1.84 bits per heavy atom. The van der Waals surface area contributed by atoms with E-state index in [4.69, 9.17) is 0 Å². The molecule has 32 heavy (non-hydrogen) atoms. The summed E-state index contributed by atoms with van der Waals surface area (Å²) in [6.07, 6.45) is 8.23. The van der Waals surface area contributed by atoms with Crippen molar-refractivity contribution in [3.05, 3.63) is 48.4 Å². The molecular weight excluding hydrogens is 400 g/mol. The highest BCUT2D eigenvalue weighted by Gasteiger charge is 2.28. The van der Waals surface area contributed by atoms with Crippen LogP contribution in [0.2, 0.25) is 0 Å². The van der Waals surface area contributed by atoms with Crippen molar-refractivity contribution in [1.82, 2.24) is 19.8 Å². The van der Waals surface area contributed by atoms with Crippen LogP contribution in [-0.4, -0.2) is 77.0 Å². The summed E-state index contributed by atoms with van der Waals surface area (Å²) < 4.78 is 0. The van der Waals surface area contributed by atoms with E-state index in [0.717, 1.165) is 44.1 Å².